The summed E-state index contributed by atoms with van der Waals surface area (Å²) in [4.78, 5) is 2.55. The second-order valence-electron chi connectivity index (χ2n) is 5.92. The largest absolute Gasteiger partial charge is 0.314 e. The monoisotopic (exact) mass is 340 g/mol. The molecular weight excluding hydrogens is 319 g/mol. The van der Waals surface area contributed by atoms with Crippen LogP contribution in [0.2, 0.25) is 0 Å². The number of rotatable bonds is 3. The molecule has 1 aromatic carbocycles. The maximum Gasteiger partial charge on any atom is 0.137 e. The van der Waals surface area contributed by atoms with Gasteiger partial charge in [0.05, 0.1) is 4.47 Å². The van der Waals surface area contributed by atoms with Crippen molar-refractivity contribution >= 4 is 15.9 Å². The van der Waals surface area contributed by atoms with Gasteiger partial charge in [-0.15, -0.1) is 0 Å². The molecule has 1 saturated carbocycles. The molecule has 2 fully saturated rings. The van der Waals surface area contributed by atoms with E-state index >= 15 is 0 Å². The van der Waals surface area contributed by atoms with Crippen LogP contribution in [0, 0.1) is 11.7 Å². The van der Waals surface area contributed by atoms with Crippen molar-refractivity contribution in [1.82, 2.24) is 10.2 Å². The molecule has 2 nitrogen and oxygen atoms in total. The fourth-order valence-corrected chi connectivity index (χ4v) is 4.23. The van der Waals surface area contributed by atoms with Crippen LogP contribution in [0.25, 0.3) is 0 Å². The summed E-state index contributed by atoms with van der Waals surface area (Å²) in [5.74, 6) is 0.534. The molecule has 0 bridgehead atoms. The predicted octanol–water partition coefficient (Wildman–Crippen LogP) is 3.72. The van der Waals surface area contributed by atoms with E-state index in [9.17, 15) is 4.39 Å². The van der Waals surface area contributed by atoms with Crippen LogP contribution in [-0.4, -0.2) is 31.1 Å². The summed E-state index contributed by atoms with van der Waals surface area (Å²) in [6.07, 6.45) is 5.19. The molecule has 110 valence electrons. The highest BCUT2D eigenvalue weighted by Crippen LogP contribution is 2.42. The van der Waals surface area contributed by atoms with Crippen molar-refractivity contribution in [2.24, 2.45) is 5.92 Å². The van der Waals surface area contributed by atoms with Crippen molar-refractivity contribution in [3.63, 3.8) is 0 Å². The van der Waals surface area contributed by atoms with E-state index in [4.69, 9.17) is 0 Å². The van der Waals surface area contributed by atoms with Crippen LogP contribution in [0.15, 0.2) is 22.7 Å². The van der Waals surface area contributed by atoms with Crippen molar-refractivity contribution < 1.29 is 4.39 Å². The lowest BCUT2D eigenvalue weighted by atomic mass is 9.89. The van der Waals surface area contributed by atoms with Crippen LogP contribution in [0.3, 0.4) is 0 Å². The molecule has 20 heavy (non-hydrogen) atoms. The summed E-state index contributed by atoms with van der Waals surface area (Å²) in [6.45, 7) is 4.19. The third-order valence-electron chi connectivity index (χ3n) is 4.69. The van der Waals surface area contributed by atoms with Gasteiger partial charge in [0.15, 0.2) is 0 Å². The number of hydrogen-bond acceptors (Lipinski definition) is 2. The molecule has 0 aromatic heterocycles. The van der Waals surface area contributed by atoms with Gasteiger partial charge >= 0.3 is 0 Å². The van der Waals surface area contributed by atoms with Crippen LogP contribution >= 0.6 is 15.9 Å². The highest BCUT2D eigenvalue weighted by atomic mass is 79.9. The van der Waals surface area contributed by atoms with Gasteiger partial charge in [0.25, 0.3) is 0 Å². The van der Waals surface area contributed by atoms with Crippen molar-refractivity contribution in [3.8, 4) is 0 Å². The Bertz CT molecular complexity index is 454. The number of benzene rings is 1. The maximum atomic E-state index is 13.9. The van der Waals surface area contributed by atoms with E-state index in [1.165, 1.54) is 31.7 Å². The molecular formula is C16H22BrFN2. The Morgan fingerprint density at radius 1 is 1.20 bits per heavy atom. The zero-order chi connectivity index (χ0) is 13.9. The van der Waals surface area contributed by atoms with Gasteiger partial charge in [0, 0.05) is 32.2 Å². The van der Waals surface area contributed by atoms with Crippen molar-refractivity contribution in [2.75, 3.05) is 26.2 Å². The highest BCUT2D eigenvalue weighted by Gasteiger charge is 2.33. The fraction of sp³-hybridized carbons (Fsp3) is 0.625. The summed E-state index contributed by atoms with van der Waals surface area (Å²) in [6, 6.07) is 5.85. The fourth-order valence-electron chi connectivity index (χ4n) is 3.73. The van der Waals surface area contributed by atoms with Crippen LogP contribution < -0.4 is 5.32 Å². The molecule has 1 aliphatic heterocycles. The summed E-state index contributed by atoms with van der Waals surface area (Å²) in [5.41, 5.74) is 1.14. The molecule has 2 aliphatic rings. The molecule has 1 saturated heterocycles. The van der Waals surface area contributed by atoms with E-state index in [2.05, 4.69) is 32.2 Å². The molecule has 0 spiro atoms. The van der Waals surface area contributed by atoms with Gasteiger partial charge in [-0.1, -0.05) is 25.0 Å². The second kappa shape index (κ2) is 6.54. The number of hydrogen-bond donors (Lipinski definition) is 1. The van der Waals surface area contributed by atoms with Gasteiger partial charge in [-0.3, -0.25) is 4.90 Å². The quantitative estimate of drug-likeness (QED) is 0.901. The van der Waals surface area contributed by atoms with E-state index in [0.717, 1.165) is 31.7 Å². The topological polar surface area (TPSA) is 15.3 Å². The second-order valence-corrected chi connectivity index (χ2v) is 6.71. The average molecular weight is 341 g/mol. The van der Waals surface area contributed by atoms with Gasteiger partial charge in [-0.25, -0.2) is 4.39 Å². The first-order valence-electron chi connectivity index (χ1n) is 7.66. The SMILES string of the molecule is Fc1cccc([C@@H](C2CCCC2)N2CCNCC2)c1Br. The summed E-state index contributed by atoms with van der Waals surface area (Å²) in [5, 5.41) is 3.41. The van der Waals surface area contributed by atoms with Gasteiger partial charge in [-0.05, 0) is 46.3 Å². The normalized spacial score (nSPS) is 23.1. The standard InChI is InChI=1S/C16H22BrFN2/c17-15-13(6-3-7-14(15)18)16(12-4-1-2-5-12)20-10-8-19-9-11-20/h3,6-7,12,16,19H,1-2,4-5,8-11H2/t16-/m1/s1. The molecule has 0 radical (unpaired) electrons. The van der Waals surface area contributed by atoms with E-state index in [-0.39, 0.29) is 5.82 Å². The summed E-state index contributed by atoms with van der Waals surface area (Å²) >= 11 is 3.48. The average Bonchev–Trinajstić information content (AvgIpc) is 2.99. The summed E-state index contributed by atoms with van der Waals surface area (Å²) < 4.78 is 14.6. The number of nitrogens with zero attached hydrogens (tertiary/aromatic N) is 1. The highest BCUT2D eigenvalue weighted by molar-refractivity contribution is 9.10. The zero-order valence-corrected chi connectivity index (χ0v) is 13.3. The minimum atomic E-state index is -0.138. The van der Waals surface area contributed by atoms with Crippen LogP contribution in [0.4, 0.5) is 4.39 Å². The van der Waals surface area contributed by atoms with Crippen LogP contribution in [-0.2, 0) is 0 Å². The first kappa shape index (κ1) is 14.5. The third-order valence-corrected chi connectivity index (χ3v) is 5.53. The van der Waals surface area contributed by atoms with E-state index < -0.39 is 0 Å². The Labute approximate surface area is 128 Å². The molecule has 0 unspecified atom stereocenters. The molecule has 4 heteroatoms. The number of nitrogens with one attached hydrogen (secondary N) is 1. The molecule has 1 aromatic rings. The Morgan fingerprint density at radius 2 is 1.90 bits per heavy atom. The van der Waals surface area contributed by atoms with Gasteiger partial charge in [0.1, 0.15) is 5.82 Å². The van der Waals surface area contributed by atoms with E-state index in [1.54, 1.807) is 0 Å². The maximum absolute atomic E-state index is 13.9. The first-order valence-corrected chi connectivity index (χ1v) is 8.45. The minimum Gasteiger partial charge on any atom is -0.314 e. The smallest absolute Gasteiger partial charge is 0.137 e. The lowest BCUT2D eigenvalue weighted by Gasteiger charge is -2.39. The van der Waals surface area contributed by atoms with Gasteiger partial charge in [-0.2, -0.15) is 0 Å². The summed E-state index contributed by atoms with van der Waals surface area (Å²) in [7, 11) is 0. The van der Waals surface area contributed by atoms with Crippen molar-refractivity contribution in [3.05, 3.63) is 34.1 Å². The molecule has 1 aliphatic carbocycles. The van der Waals surface area contributed by atoms with Gasteiger partial charge < -0.3 is 5.32 Å². The first-order chi connectivity index (χ1) is 9.77. The van der Waals surface area contributed by atoms with Crippen molar-refractivity contribution in [1.29, 1.82) is 0 Å². The zero-order valence-electron chi connectivity index (χ0n) is 11.7. The third kappa shape index (κ3) is 2.92. The Hall–Kier alpha value is -0.450. The molecule has 0 amide bonds. The lowest BCUT2D eigenvalue weighted by molar-refractivity contribution is 0.125. The van der Waals surface area contributed by atoms with Crippen molar-refractivity contribution in [2.45, 2.75) is 31.7 Å². The van der Waals surface area contributed by atoms with Crippen LogP contribution in [0.5, 0.6) is 0 Å². The molecule has 3 rings (SSSR count). The Kier molecular flexibility index (Phi) is 4.74. The minimum absolute atomic E-state index is 0.138. The molecule has 1 N–H and O–H groups in total. The Morgan fingerprint density at radius 3 is 2.60 bits per heavy atom. The number of halogens is 2. The molecule has 1 heterocycles. The molecule has 1 atom stereocenters. The number of piperazine rings is 1. The predicted molar refractivity (Wildman–Crippen MR) is 83.2 cm³/mol. The van der Waals surface area contributed by atoms with E-state index in [0.29, 0.717) is 16.4 Å². The Balaban J connectivity index is 1.93. The van der Waals surface area contributed by atoms with Gasteiger partial charge in [0.2, 0.25) is 0 Å². The van der Waals surface area contributed by atoms with E-state index in [1.807, 2.05) is 6.07 Å². The lowest BCUT2D eigenvalue weighted by Crippen LogP contribution is -2.46. The van der Waals surface area contributed by atoms with Crippen LogP contribution in [0.1, 0.15) is 37.3 Å².